The van der Waals surface area contributed by atoms with Crippen LogP contribution in [0.25, 0.3) is 0 Å². The Labute approximate surface area is 169 Å². The Kier molecular flexibility index (Phi) is 7.37. The molecular weight excluding hydrogens is 346 g/mol. The predicted molar refractivity (Wildman–Crippen MR) is 114 cm³/mol. The number of hydrogen-bond acceptors (Lipinski definition) is 2. The van der Waals surface area contributed by atoms with Crippen LogP contribution in [0.1, 0.15) is 57.4 Å². The molecular formula is C24H32N3O+. The van der Waals surface area contributed by atoms with Crippen molar-refractivity contribution in [2.75, 3.05) is 11.9 Å². The zero-order valence-electron chi connectivity index (χ0n) is 17.6. The smallest absolute Gasteiger partial charge is 0.279 e. The second kappa shape index (κ2) is 9.52. The van der Waals surface area contributed by atoms with Crippen molar-refractivity contribution in [2.45, 2.75) is 52.5 Å². The molecule has 2 rings (SSSR count). The number of nitrogens with one attached hydrogen (secondary N) is 1. The van der Waals surface area contributed by atoms with E-state index in [4.69, 9.17) is 5.26 Å². The second-order valence-corrected chi connectivity index (χ2v) is 8.66. The molecule has 2 aromatic rings. The van der Waals surface area contributed by atoms with E-state index in [9.17, 15) is 4.79 Å². The van der Waals surface area contributed by atoms with Gasteiger partial charge in [-0.25, -0.2) is 0 Å². The molecule has 0 aliphatic heterocycles. The molecule has 1 atom stereocenters. The van der Waals surface area contributed by atoms with Gasteiger partial charge in [0.25, 0.3) is 5.91 Å². The SMILES string of the molecule is CC(C)[C@@H]([NH2+]CC(=O)Nc1ccc(CC#N)cc1)c1ccc(C(C)(C)C)cc1. The van der Waals surface area contributed by atoms with E-state index in [0.717, 1.165) is 11.3 Å². The fraction of sp³-hybridized carbons (Fsp3) is 0.417. The number of anilines is 1. The highest BCUT2D eigenvalue weighted by atomic mass is 16.1. The Morgan fingerprint density at radius 3 is 2.18 bits per heavy atom. The standard InChI is InChI=1S/C24H31N3O/c1-17(2)23(19-8-10-20(11-9-19)24(3,4)5)26-16-22(28)27-21-12-6-18(7-13-21)14-15-25/h6-13,17,23,26H,14,16H2,1-5H3,(H,27,28)/p+1/t23-/m1/s1. The molecule has 0 saturated heterocycles. The summed E-state index contributed by atoms with van der Waals surface area (Å²) in [5, 5.41) is 13.8. The molecule has 4 nitrogen and oxygen atoms in total. The zero-order valence-corrected chi connectivity index (χ0v) is 17.6. The third kappa shape index (κ3) is 6.21. The van der Waals surface area contributed by atoms with Crippen LogP contribution < -0.4 is 10.6 Å². The van der Waals surface area contributed by atoms with Crippen LogP contribution in [0.15, 0.2) is 48.5 Å². The first-order valence-electron chi connectivity index (χ1n) is 9.90. The number of hydrogen-bond donors (Lipinski definition) is 2. The first-order chi connectivity index (χ1) is 13.2. The van der Waals surface area contributed by atoms with Gasteiger partial charge in [0, 0.05) is 17.2 Å². The highest BCUT2D eigenvalue weighted by Gasteiger charge is 2.21. The van der Waals surface area contributed by atoms with Crippen LogP contribution in [0.2, 0.25) is 0 Å². The molecule has 0 saturated carbocycles. The summed E-state index contributed by atoms with van der Waals surface area (Å²) in [6.07, 6.45) is 0.381. The van der Waals surface area contributed by atoms with Crippen LogP contribution in [0.4, 0.5) is 5.69 Å². The van der Waals surface area contributed by atoms with Crippen molar-refractivity contribution < 1.29 is 10.1 Å². The summed E-state index contributed by atoms with van der Waals surface area (Å²) in [5.41, 5.74) is 4.41. The van der Waals surface area contributed by atoms with Crippen molar-refractivity contribution in [1.82, 2.24) is 0 Å². The maximum atomic E-state index is 12.4. The molecule has 3 N–H and O–H groups in total. The number of nitriles is 1. The Hall–Kier alpha value is -2.64. The Bertz CT molecular complexity index is 809. The van der Waals surface area contributed by atoms with E-state index in [1.54, 1.807) is 0 Å². The predicted octanol–water partition coefficient (Wildman–Crippen LogP) is 3.95. The quantitative estimate of drug-likeness (QED) is 0.766. The lowest BCUT2D eigenvalue weighted by Gasteiger charge is -2.22. The van der Waals surface area contributed by atoms with E-state index in [1.165, 1.54) is 11.1 Å². The highest BCUT2D eigenvalue weighted by molar-refractivity contribution is 5.91. The summed E-state index contributed by atoms with van der Waals surface area (Å²) in [6.45, 7) is 11.4. The van der Waals surface area contributed by atoms with Crippen molar-refractivity contribution in [2.24, 2.45) is 5.92 Å². The van der Waals surface area contributed by atoms with Gasteiger partial charge >= 0.3 is 0 Å². The molecule has 0 fully saturated rings. The molecule has 4 heteroatoms. The lowest BCUT2D eigenvalue weighted by molar-refractivity contribution is -0.692. The normalized spacial score (nSPS) is 12.5. The molecule has 0 radical (unpaired) electrons. The minimum Gasteiger partial charge on any atom is -0.332 e. The summed E-state index contributed by atoms with van der Waals surface area (Å²) in [6, 6.07) is 18.6. The molecule has 0 heterocycles. The molecule has 0 bridgehead atoms. The number of carbonyl (C=O) groups is 1. The maximum absolute atomic E-state index is 12.4. The minimum atomic E-state index is -0.0232. The number of amides is 1. The molecule has 28 heavy (non-hydrogen) atoms. The molecule has 0 aromatic heterocycles. The first kappa shape index (κ1) is 21.7. The van der Waals surface area contributed by atoms with Crippen molar-refractivity contribution in [3.8, 4) is 6.07 Å². The molecule has 0 aliphatic rings. The van der Waals surface area contributed by atoms with Gasteiger partial charge in [0.15, 0.2) is 6.54 Å². The van der Waals surface area contributed by atoms with Crippen molar-refractivity contribution in [1.29, 1.82) is 5.26 Å². The van der Waals surface area contributed by atoms with Crippen molar-refractivity contribution in [3.63, 3.8) is 0 Å². The Morgan fingerprint density at radius 1 is 1.07 bits per heavy atom. The van der Waals surface area contributed by atoms with Gasteiger partial charge in [0.05, 0.1) is 12.5 Å². The van der Waals surface area contributed by atoms with Gasteiger partial charge in [-0.3, -0.25) is 4.79 Å². The van der Waals surface area contributed by atoms with Crippen molar-refractivity contribution >= 4 is 11.6 Å². The van der Waals surface area contributed by atoms with Crippen LogP contribution in [-0.4, -0.2) is 12.5 Å². The lowest BCUT2D eigenvalue weighted by atomic mass is 9.85. The molecule has 0 spiro atoms. The van der Waals surface area contributed by atoms with Gasteiger partial charge < -0.3 is 10.6 Å². The van der Waals surface area contributed by atoms with Crippen LogP contribution in [0.3, 0.4) is 0 Å². The minimum absolute atomic E-state index is 0.0232. The highest BCUT2D eigenvalue weighted by Crippen LogP contribution is 2.25. The fourth-order valence-electron chi connectivity index (χ4n) is 3.24. The first-order valence-corrected chi connectivity index (χ1v) is 9.90. The van der Waals surface area contributed by atoms with Gasteiger partial charge in [-0.05, 0) is 28.7 Å². The second-order valence-electron chi connectivity index (χ2n) is 8.66. The van der Waals surface area contributed by atoms with E-state index >= 15 is 0 Å². The molecule has 1 amide bonds. The number of nitrogens with zero attached hydrogens (tertiary/aromatic N) is 1. The number of carbonyl (C=O) groups excluding carboxylic acids is 1. The van der Waals surface area contributed by atoms with Crippen LogP contribution in [-0.2, 0) is 16.6 Å². The molecule has 148 valence electrons. The lowest BCUT2D eigenvalue weighted by Crippen LogP contribution is -2.88. The number of nitrogens with two attached hydrogens (primary N) is 1. The summed E-state index contributed by atoms with van der Waals surface area (Å²) >= 11 is 0. The summed E-state index contributed by atoms with van der Waals surface area (Å²) in [5.74, 6) is 0.392. The van der Waals surface area contributed by atoms with Gasteiger partial charge in [-0.2, -0.15) is 5.26 Å². The summed E-state index contributed by atoms with van der Waals surface area (Å²) < 4.78 is 0. The largest absolute Gasteiger partial charge is 0.332 e. The summed E-state index contributed by atoms with van der Waals surface area (Å²) in [4.78, 5) is 12.4. The maximum Gasteiger partial charge on any atom is 0.279 e. The van der Waals surface area contributed by atoms with Gasteiger partial charge in [-0.15, -0.1) is 0 Å². The number of rotatable bonds is 7. The van der Waals surface area contributed by atoms with Crippen LogP contribution in [0.5, 0.6) is 0 Å². The van der Waals surface area contributed by atoms with Gasteiger partial charge in [-0.1, -0.05) is 71.0 Å². The average molecular weight is 379 g/mol. The molecule has 0 aliphatic carbocycles. The number of quaternary nitrogens is 1. The molecule has 0 unspecified atom stereocenters. The third-order valence-electron chi connectivity index (χ3n) is 4.96. The van der Waals surface area contributed by atoms with Gasteiger partial charge in [0.2, 0.25) is 0 Å². The number of benzene rings is 2. The Balaban J connectivity index is 1.97. The average Bonchev–Trinajstić information content (AvgIpc) is 2.63. The van der Waals surface area contributed by atoms with E-state index in [-0.39, 0.29) is 17.4 Å². The van der Waals surface area contributed by atoms with Crippen LogP contribution >= 0.6 is 0 Å². The van der Waals surface area contributed by atoms with E-state index in [0.29, 0.717) is 18.9 Å². The Morgan fingerprint density at radius 2 is 1.68 bits per heavy atom. The van der Waals surface area contributed by atoms with Crippen molar-refractivity contribution in [3.05, 3.63) is 65.2 Å². The fourth-order valence-corrected chi connectivity index (χ4v) is 3.24. The monoisotopic (exact) mass is 378 g/mol. The molecule has 2 aromatic carbocycles. The van der Waals surface area contributed by atoms with Gasteiger partial charge in [0.1, 0.15) is 6.04 Å². The van der Waals surface area contributed by atoms with E-state index in [2.05, 4.69) is 75.6 Å². The van der Waals surface area contributed by atoms with E-state index < -0.39 is 0 Å². The summed E-state index contributed by atoms with van der Waals surface area (Å²) in [7, 11) is 0. The van der Waals surface area contributed by atoms with E-state index in [1.807, 2.05) is 24.3 Å². The topological polar surface area (TPSA) is 69.5 Å². The van der Waals surface area contributed by atoms with Crippen LogP contribution in [0, 0.1) is 17.2 Å². The zero-order chi connectivity index (χ0) is 20.7. The third-order valence-corrected chi connectivity index (χ3v) is 4.96.